The van der Waals surface area contributed by atoms with Crippen molar-refractivity contribution in [3.05, 3.63) is 51.5 Å². The Morgan fingerprint density at radius 2 is 2.13 bits per heavy atom. The van der Waals surface area contributed by atoms with Crippen LogP contribution in [0.5, 0.6) is 0 Å². The van der Waals surface area contributed by atoms with Crippen LogP contribution in [0.25, 0.3) is 0 Å². The van der Waals surface area contributed by atoms with Gasteiger partial charge in [-0.15, -0.1) is 11.3 Å². The van der Waals surface area contributed by atoms with Crippen molar-refractivity contribution in [1.82, 2.24) is 4.98 Å². The Kier molecular flexibility index (Phi) is 2.84. The highest BCUT2D eigenvalue weighted by Crippen LogP contribution is 2.24. The number of rotatable bonds is 2. The molecule has 1 unspecified atom stereocenters. The van der Waals surface area contributed by atoms with Gasteiger partial charge in [0.1, 0.15) is 5.01 Å². The van der Waals surface area contributed by atoms with Crippen LogP contribution in [-0.4, -0.2) is 4.98 Å². The van der Waals surface area contributed by atoms with Crippen molar-refractivity contribution in [3.63, 3.8) is 0 Å². The van der Waals surface area contributed by atoms with Gasteiger partial charge in [-0.2, -0.15) is 0 Å². The largest absolute Gasteiger partial charge is 0.318 e. The fourth-order valence-electron chi connectivity index (χ4n) is 1.70. The summed E-state index contributed by atoms with van der Waals surface area (Å²) >= 11 is 1.60. The van der Waals surface area contributed by atoms with Crippen LogP contribution in [0.15, 0.2) is 29.8 Å². The van der Waals surface area contributed by atoms with Crippen LogP contribution in [0.3, 0.4) is 0 Å². The van der Waals surface area contributed by atoms with Crippen LogP contribution in [0.2, 0.25) is 0 Å². The van der Waals surface area contributed by atoms with Gasteiger partial charge >= 0.3 is 0 Å². The minimum Gasteiger partial charge on any atom is -0.318 e. The van der Waals surface area contributed by atoms with Gasteiger partial charge in [-0.25, -0.2) is 4.98 Å². The van der Waals surface area contributed by atoms with E-state index >= 15 is 0 Å². The Labute approximate surface area is 93.8 Å². The highest BCUT2D eigenvalue weighted by atomic mass is 32.1. The van der Waals surface area contributed by atoms with E-state index in [-0.39, 0.29) is 6.04 Å². The Hall–Kier alpha value is -1.19. The summed E-state index contributed by atoms with van der Waals surface area (Å²) in [6.45, 7) is 4.18. The summed E-state index contributed by atoms with van der Waals surface area (Å²) in [4.78, 5) is 4.25. The molecule has 0 saturated carbocycles. The van der Waals surface area contributed by atoms with E-state index in [0.717, 1.165) is 10.6 Å². The lowest BCUT2D eigenvalue weighted by Gasteiger charge is -2.12. The molecular weight excluding hydrogens is 204 g/mol. The number of nitrogens with two attached hydrogens (primary N) is 1. The molecule has 2 aromatic rings. The number of benzene rings is 1. The number of hydrogen-bond donors (Lipinski definition) is 1. The molecule has 15 heavy (non-hydrogen) atoms. The van der Waals surface area contributed by atoms with Gasteiger partial charge in [-0.05, 0) is 25.0 Å². The third-order valence-electron chi connectivity index (χ3n) is 2.48. The lowest BCUT2D eigenvalue weighted by atomic mass is 10.0. The molecule has 3 heteroatoms. The predicted molar refractivity (Wildman–Crippen MR) is 64.1 cm³/mol. The van der Waals surface area contributed by atoms with Crippen molar-refractivity contribution < 1.29 is 0 Å². The number of hydrogen-bond acceptors (Lipinski definition) is 3. The molecule has 0 bridgehead atoms. The van der Waals surface area contributed by atoms with E-state index in [1.54, 1.807) is 17.5 Å². The standard InChI is InChI=1S/C12H14N2S/c1-8-3-4-10(9(2)7-8)11(13)12-14-5-6-15-12/h3-7,11H,13H2,1-2H3. The molecule has 1 atom stereocenters. The lowest BCUT2D eigenvalue weighted by molar-refractivity contribution is 0.848. The molecule has 0 radical (unpaired) electrons. The van der Waals surface area contributed by atoms with Gasteiger partial charge in [0.25, 0.3) is 0 Å². The summed E-state index contributed by atoms with van der Waals surface area (Å²) in [5, 5.41) is 2.93. The van der Waals surface area contributed by atoms with Crippen LogP contribution < -0.4 is 5.73 Å². The second-order valence-corrected chi connectivity index (χ2v) is 4.63. The molecule has 1 heterocycles. The van der Waals surface area contributed by atoms with Gasteiger partial charge in [0.15, 0.2) is 0 Å². The molecule has 0 fully saturated rings. The molecule has 78 valence electrons. The number of aromatic nitrogens is 1. The van der Waals surface area contributed by atoms with E-state index in [1.807, 2.05) is 5.38 Å². The summed E-state index contributed by atoms with van der Waals surface area (Å²) in [5.41, 5.74) is 9.82. The summed E-state index contributed by atoms with van der Waals surface area (Å²) < 4.78 is 0. The SMILES string of the molecule is Cc1ccc(C(N)c2nccs2)c(C)c1. The van der Waals surface area contributed by atoms with Crippen LogP contribution in [0.4, 0.5) is 0 Å². The molecule has 1 aromatic carbocycles. The second kappa shape index (κ2) is 4.13. The molecule has 0 amide bonds. The van der Waals surface area contributed by atoms with Crippen molar-refractivity contribution in [2.75, 3.05) is 0 Å². The van der Waals surface area contributed by atoms with Crippen LogP contribution in [-0.2, 0) is 0 Å². The Morgan fingerprint density at radius 1 is 1.33 bits per heavy atom. The van der Waals surface area contributed by atoms with E-state index in [0.29, 0.717) is 0 Å². The smallest absolute Gasteiger partial charge is 0.114 e. The molecule has 0 aliphatic rings. The van der Waals surface area contributed by atoms with Crippen LogP contribution in [0, 0.1) is 13.8 Å². The Balaban J connectivity index is 2.38. The normalized spacial score (nSPS) is 12.7. The maximum Gasteiger partial charge on any atom is 0.114 e. The van der Waals surface area contributed by atoms with Gasteiger partial charge < -0.3 is 5.73 Å². The maximum absolute atomic E-state index is 6.16. The van der Waals surface area contributed by atoms with Gasteiger partial charge in [-0.1, -0.05) is 23.8 Å². The number of nitrogens with zero attached hydrogens (tertiary/aromatic N) is 1. The molecule has 0 saturated heterocycles. The van der Waals surface area contributed by atoms with Gasteiger partial charge in [0.2, 0.25) is 0 Å². The Morgan fingerprint density at radius 3 is 2.73 bits per heavy atom. The quantitative estimate of drug-likeness (QED) is 0.841. The number of thiazole rings is 1. The van der Waals surface area contributed by atoms with E-state index in [1.165, 1.54) is 11.1 Å². The van der Waals surface area contributed by atoms with Gasteiger partial charge in [-0.3, -0.25) is 0 Å². The van der Waals surface area contributed by atoms with Gasteiger partial charge in [0, 0.05) is 11.6 Å². The third kappa shape index (κ3) is 2.08. The minimum absolute atomic E-state index is 0.0920. The highest BCUT2D eigenvalue weighted by Gasteiger charge is 2.13. The van der Waals surface area contributed by atoms with Crippen molar-refractivity contribution in [2.24, 2.45) is 5.73 Å². The predicted octanol–water partition coefficient (Wildman–Crippen LogP) is 2.81. The zero-order valence-corrected chi connectivity index (χ0v) is 9.71. The lowest BCUT2D eigenvalue weighted by Crippen LogP contribution is -2.12. The summed E-state index contributed by atoms with van der Waals surface area (Å²) in [6.07, 6.45) is 1.80. The van der Waals surface area contributed by atoms with E-state index in [4.69, 9.17) is 5.73 Å². The first-order valence-electron chi connectivity index (χ1n) is 4.90. The zero-order chi connectivity index (χ0) is 10.8. The molecule has 2 rings (SSSR count). The molecule has 1 aromatic heterocycles. The van der Waals surface area contributed by atoms with E-state index < -0.39 is 0 Å². The fourth-order valence-corrected chi connectivity index (χ4v) is 2.35. The fraction of sp³-hybridized carbons (Fsp3) is 0.250. The van der Waals surface area contributed by atoms with Crippen molar-refractivity contribution in [3.8, 4) is 0 Å². The van der Waals surface area contributed by atoms with E-state index in [2.05, 4.69) is 37.0 Å². The van der Waals surface area contributed by atoms with Crippen molar-refractivity contribution in [2.45, 2.75) is 19.9 Å². The first kappa shape index (κ1) is 10.3. The molecule has 0 aliphatic heterocycles. The zero-order valence-electron chi connectivity index (χ0n) is 8.90. The van der Waals surface area contributed by atoms with Gasteiger partial charge in [0.05, 0.1) is 6.04 Å². The minimum atomic E-state index is -0.0920. The molecule has 0 aliphatic carbocycles. The molecule has 0 spiro atoms. The maximum atomic E-state index is 6.16. The van der Waals surface area contributed by atoms with Crippen LogP contribution >= 0.6 is 11.3 Å². The topological polar surface area (TPSA) is 38.9 Å². The first-order valence-corrected chi connectivity index (χ1v) is 5.78. The average Bonchev–Trinajstić information content (AvgIpc) is 2.69. The summed E-state index contributed by atoms with van der Waals surface area (Å²) in [5.74, 6) is 0. The molecule has 2 nitrogen and oxygen atoms in total. The monoisotopic (exact) mass is 218 g/mol. The Bertz CT molecular complexity index is 449. The molecular formula is C12H14N2S. The van der Waals surface area contributed by atoms with Crippen LogP contribution in [0.1, 0.15) is 27.7 Å². The third-order valence-corrected chi connectivity index (χ3v) is 3.34. The van der Waals surface area contributed by atoms with Crippen molar-refractivity contribution >= 4 is 11.3 Å². The summed E-state index contributed by atoms with van der Waals surface area (Å²) in [6, 6.07) is 6.25. The van der Waals surface area contributed by atoms with E-state index in [9.17, 15) is 0 Å². The highest BCUT2D eigenvalue weighted by molar-refractivity contribution is 7.09. The average molecular weight is 218 g/mol. The first-order chi connectivity index (χ1) is 7.18. The second-order valence-electron chi connectivity index (χ2n) is 3.71. The van der Waals surface area contributed by atoms with Crippen molar-refractivity contribution in [1.29, 1.82) is 0 Å². The summed E-state index contributed by atoms with van der Waals surface area (Å²) in [7, 11) is 0. The molecule has 2 N–H and O–H groups in total. The number of aryl methyl sites for hydroxylation is 2.